The second-order valence-electron chi connectivity index (χ2n) is 9.29. The molecule has 198 valence electrons. The van der Waals surface area contributed by atoms with Crippen LogP contribution in [-0.4, -0.2) is 56.1 Å². The van der Waals surface area contributed by atoms with Crippen molar-refractivity contribution in [3.63, 3.8) is 0 Å². The summed E-state index contributed by atoms with van der Waals surface area (Å²) in [4.78, 5) is 17.5. The number of benzene rings is 2. The molecule has 3 aromatic rings. The third-order valence-electron chi connectivity index (χ3n) is 6.31. The zero-order valence-electron chi connectivity index (χ0n) is 21.4. The van der Waals surface area contributed by atoms with Crippen molar-refractivity contribution in [2.75, 3.05) is 32.6 Å². The zero-order valence-corrected chi connectivity index (χ0v) is 22.2. The number of amides is 1. The van der Waals surface area contributed by atoms with Gasteiger partial charge in [-0.3, -0.25) is 4.79 Å². The SMILES string of the molecule is COc1ccc(S(=O)(=O)N2CCC[C@@H](C(=O)Nc3ccc(Cc4noc(C(C)C)n4)cc3)C2)cc1OC. The summed E-state index contributed by atoms with van der Waals surface area (Å²) in [5.74, 6) is 1.49. The van der Waals surface area contributed by atoms with Gasteiger partial charge in [0.25, 0.3) is 0 Å². The summed E-state index contributed by atoms with van der Waals surface area (Å²) in [7, 11) is -0.856. The van der Waals surface area contributed by atoms with E-state index in [4.69, 9.17) is 14.0 Å². The molecule has 2 aromatic carbocycles. The van der Waals surface area contributed by atoms with Crippen molar-refractivity contribution >= 4 is 21.6 Å². The molecule has 1 aliphatic heterocycles. The molecule has 10 nitrogen and oxygen atoms in total. The number of hydrogen-bond donors (Lipinski definition) is 1. The van der Waals surface area contributed by atoms with Crippen LogP contribution in [0.3, 0.4) is 0 Å². The Morgan fingerprint density at radius 3 is 2.51 bits per heavy atom. The maximum Gasteiger partial charge on any atom is 0.243 e. The predicted octanol–water partition coefficient (Wildman–Crippen LogP) is 3.84. The summed E-state index contributed by atoms with van der Waals surface area (Å²) in [6.07, 6.45) is 1.72. The molecule has 11 heteroatoms. The van der Waals surface area contributed by atoms with Gasteiger partial charge in [-0.05, 0) is 42.7 Å². The van der Waals surface area contributed by atoms with E-state index in [1.54, 1.807) is 6.07 Å². The molecule has 0 aliphatic carbocycles. The van der Waals surface area contributed by atoms with Crippen LogP contribution in [0.2, 0.25) is 0 Å². The number of piperidine rings is 1. The number of nitrogens with zero attached hydrogens (tertiary/aromatic N) is 3. The van der Waals surface area contributed by atoms with Gasteiger partial charge in [0, 0.05) is 37.2 Å². The average molecular weight is 529 g/mol. The Balaban J connectivity index is 1.39. The minimum absolute atomic E-state index is 0.101. The van der Waals surface area contributed by atoms with Crippen molar-refractivity contribution in [3.05, 3.63) is 59.7 Å². The van der Waals surface area contributed by atoms with Crippen molar-refractivity contribution < 1.29 is 27.2 Å². The lowest BCUT2D eigenvalue weighted by Gasteiger charge is -2.31. The van der Waals surface area contributed by atoms with Crippen molar-refractivity contribution in [2.45, 2.75) is 43.9 Å². The standard InChI is InChI=1S/C26H32N4O6S/c1-17(2)26-28-24(29-36-26)14-18-7-9-20(10-8-18)27-25(31)19-6-5-13-30(16-19)37(32,33)21-11-12-22(34-3)23(15-21)35-4/h7-12,15,17,19H,5-6,13-14,16H2,1-4H3,(H,27,31)/t19-/m1/s1. The smallest absolute Gasteiger partial charge is 0.243 e. The first-order valence-corrected chi connectivity index (χ1v) is 13.6. The summed E-state index contributed by atoms with van der Waals surface area (Å²) >= 11 is 0. The number of methoxy groups -OCH3 is 2. The van der Waals surface area contributed by atoms with Crippen LogP contribution in [0, 0.1) is 5.92 Å². The first-order chi connectivity index (χ1) is 17.7. The lowest BCUT2D eigenvalue weighted by atomic mass is 9.98. The number of sulfonamides is 1. The molecule has 2 heterocycles. The molecule has 4 rings (SSSR count). The number of carbonyl (C=O) groups is 1. The van der Waals surface area contributed by atoms with Crippen LogP contribution in [0.1, 0.15) is 49.9 Å². The van der Waals surface area contributed by atoms with E-state index in [0.29, 0.717) is 54.7 Å². The summed E-state index contributed by atoms with van der Waals surface area (Å²) in [5, 5.41) is 6.93. The summed E-state index contributed by atoms with van der Waals surface area (Å²) in [5.41, 5.74) is 1.63. The van der Waals surface area contributed by atoms with E-state index in [9.17, 15) is 13.2 Å². The molecular weight excluding hydrogens is 496 g/mol. The molecule has 1 atom stereocenters. The fourth-order valence-corrected chi connectivity index (χ4v) is 5.75. The van der Waals surface area contributed by atoms with Crippen LogP contribution >= 0.6 is 0 Å². The minimum atomic E-state index is -3.80. The zero-order chi connectivity index (χ0) is 26.6. The van der Waals surface area contributed by atoms with Crippen molar-refractivity contribution in [2.24, 2.45) is 5.92 Å². The molecule has 1 aliphatic rings. The lowest BCUT2D eigenvalue weighted by molar-refractivity contribution is -0.120. The van der Waals surface area contributed by atoms with E-state index >= 15 is 0 Å². The van der Waals surface area contributed by atoms with E-state index in [1.807, 2.05) is 38.1 Å². The van der Waals surface area contributed by atoms with Gasteiger partial charge in [-0.1, -0.05) is 31.1 Å². The molecule has 37 heavy (non-hydrogen) atoms. The van der Waals surface area contributed by atoms with Crippen molar-refractivity contribution in [3.8, 4) is 11.5 Å². The van der Waals surface area contributed by atoms with Gasteiger partial charge in [0.05, 0.1) is 25.0 Å². The molecule has 1 saturated heterocycles. The van der Waals surface area contributed by atoms with Gasteiger partial charge in [0.15, 0.2) is 17.3 Å². The molecule has 0 spiro atoms. The number of nitrogens with one attached hydrogen (secondary N) is 1. The Kier molecular flexibility index (Phi) is 8.13. The molecule has 0 unspecified atom stereocenters. The van der Waals surface area contributed by atoms with E-state index in [2.05, 4.69) is 15.5 Å². The predicted molar refractivity (Wildman–Crippen MR) is 137 cm³/mol. The number of anilines is 1. The van der Waals surface area contributed by atoms with Gasteiger partial charge >= 0.3 is 0 Å². The highest BCUT2D eigenvalue weighted by Crippen LogP contribution is 2.32. The number of ether oxygens (including phenoxy) is 2. The molecule has 1 aromatic heterocycles. The highest BCUT2D eigenvalue weighted by molar-refractivity contribution is 7.89. The Bertz CT molecular complexity index is 1340. The van der Waals surface area contributed by atoms with E-state index in [0.717, 1.165) is 5.56 Å². The number of rotatable bonds is 9. The van der Waals surface area contributed by atoms with E-state index in [-0.39, 0.29) is 23.3 Å². The average Bonchev–Trinajstić information content (AvgIpc) is 3.38. The summed E-state index contributed by atoms with van der Waals surface area (Å²) < 4.78 is 43.6. The largest absolute Gasteiger partial charge is 0.493 e. The Hall–Kier alpha value is -3.44. The number of hydrogen-bond acceptors (Lipinski definition) is 8. The van der Waals surface area contributed by atoms with Crippen molar-refractivity contribution in [1.82, 2.24) is 14.4 Å². The highest BCUT2D eigenvalue weighted by atomic mass is 32.2. The second kappa shape index (κ2) is 11.3. The third kappa shape index (κ3) is 6.11. The molecule has 1 amide bonds. The van der Waals surface area contributed by atoms with Gasteiger partial charge < -0.3 is 19.3 Å². The summed E-state index contributed by atoms with van der Waals surface area (Å²) in [6.45, 7) is 4.44. The number of carbonyl (C=O) groups excluding carboxylic acids is 1. The van der Waals surface area contributed by atoms with Crippen molar-refractivity contribution in [1.29, 1.82) is 0 Å². The van der Waals surface area contributed by atoms with E-state index in [1.165, 1.54) is 30.7 Å². The lowest BCUT2D eigenvalue weighted by Crippen LogP contribution is -2.43. The normalized spacial score (nSPS) is 16.5. The quantitative estimate of drug-likeness (QED) is 0.444. The van der Waals surface area contributed by atoms with Gasteiger partial charge in [-0.2, -0.15) is 9.29 Å². The second-order valence-corrected chi connectivity index (χ2v) is 11.2. The van der Waals surface area contributed by atoms with Crippen LogP contribution in [-0.2, 0) is 21.2 Å². The monoisotopic (exact) mass is 528 g/mol. The molecule has 0 bridgehead atoms. The van der Waals surface area contributed by atoms with E-state index < -0.39 is 15.9 Å². The minimum Gasteiger partial charge on any atom is -0.493 e. The summed E-state index contributed by atoms with van der Waals surface area (Å²) in [6, 6.07) is 11.9. The topological polar surface area (TPSA) is 124 Å². The number of aromatic nitrogens is 2. The maximum absolute atomic E-state index is 13.3. The first-order valence-electron chi connectivity index (χ1n) is 12.2. The highest BCUT2D eigenvalue weighted by Gasteiger charge is 2.34. The molecular formula is C26H32N4O6S. The van der Waals surface area contributed by atoms with Gasteiger partial charge in [0.2, 0.25) is 21.8 Å². The van der Waals surface area contributed by atoms with Crippen LogP contribution < -0.4 is 14.8 Å². The third-order valence-corrected chi connectivity index (χ3v) is 8.17. The van der Waals surface area contributed by atoms with Gasteiger partial charge in [-0.15, -0.1) is 0 Å². The van der Waals surface area contributed by atoms with Crippen LogP contribution in [0.4, 0.5) is 5.69 Å². The van der Waals surface area contributed by atoms with Crippen LogP contribution in [0.5, 0.6) is 11.5 Å². The van der Waals surface area contributed by atoms with Crippen LogP contribution in [0.25, 0.3) is 0 Å². The molecule has 0 radical (unpaired) electrons. The van der Waals surface area contributed by atoms with Gasteiger partial charge in [0.1, 0.15) is 0 Å². The Morgan fingerprint density at radius 1 is 1.14 bits per heavy atom. The fourth-order valence-electron chi connectivity index (χ4n) is 4.21. The molecule has 0 saturated carbocycles. The molecule has 1 N–H and O–H groups in total. The Morgan fingerprint density at radius 2 is 1.86 bits per heavy atom. The Labute approximate surface area is 217 Å². The molecule has 1 fully saturated rings. The van der Waals surface area contributed by atoms with Crippen LogP contribution in [0.15, 0.2) is 51.9 Å². The first kappa shape index (κ1) is 26.6. The van der Waals surface area contributed by atoms with Gasteiger partial charge in [-0.25, -0.2) is 8.42 Å². The fraction of sp³-hybridized carbons (Fsp3) is 0.423. The maximum atomic E-state index is 13.3.